The van der Waals surface area contributed by atoms with Crippen LogP contribution in [0.15, 0.2) is 42.7 Å². The smallest absolute Gasteiger partial charge is 0.198 e. The largest absolute Gasteiger partial charge is 0.382 e. The normalized spacial score (nSPS) is 14.3. The van der Waals surface area contributed by atoms with Crippen molar-refractivity contribution in [1.82, 2.24) is 29.6 Å². The van der Waals surface area contributed by atoms with Gasteiger partial charge in [-0.3, -0.25) is 19.4 Å². The third-order valence-electron chi connectivity index (χ3n) is 5.64. The van der Waals surface area contributed by atoms with E-state index in [1.165, 1.54) is 0 Å². The molecule has 2 N–H and O–H groups in total. The van der Waals surface area contributed by atoms with Crippen molar-refractivity contribution in [3.8, 4) is 22.6 Å². The zero-order chi connectivity index (χ0) is 22.2. The van der Waals surface area contributed by atoms with Crippen molar-refractivity contribution < 1.29 is 4.79 Å². The minimum atomic E-state index is -0.140. The summed E-state index contributed by atoms with van der Waals surface area (Å²) in [5.74, 6) is -0.0357. The molecule has 1 aromatic carbocycles. The average molecular weight is 448 g/mol. The van der Waals surface area contributed by atoms with Gasteiger partial charge < -0.3 is 5.73 Å². The van der Waals surface area contributed by atoms with Gasteiger partial charge in [-0.25, -0.2) is 9.97 Å². The quantitative estimate of drug-likeness (QED) is 0.466. The van der Waals surface area contributed by atoms with Gasteiger partial charge in [-0.15, -0.1) is 0 Å². The third-order valence-corrected chi connectivity index (χ3v) is 5.93. The summed E-state index contributed by atoms with van der Waals surface area (Å²) in [5.41, 5.74) is 9.44. The Morgan fingerprint density at radius 3 is 2.72 bits per heavy atom. The SMILES string of the molecule is Cn1ccc(-c2nc(N)c(C(=O)CN3CCCC3)nc2-c2cc(Cl)c3ncccc3c2)n1. The van der Waals surface area contributed by atoms with Crippen LogP contribution in [-0.2, 0) is 7.05 Å². The molecule has 0 bridgehead atoms. The van der Waals surface area contributed by atoms with Crippen LogP contribution < -0.4 is 5.73 Å². The Morgan fingerprint density at radius 1 is 1.16 bits per heavy atom. The molecule has 0 unspecified atom stereocenters. The number of benzene rings is 1. The van der Waals surface area contributed by atoms with Crippen molar-refractivity contribution in [2.45, 2.75) is 12.8 Å². The van der Waals surface area contributed by atoms with Gasteiger partial charge in [0.2, 0.25) is 0 Å². The molecule has 4 aromatic rings. The first-order chi connectivity index (χ1) is 15.5. The zero-order valence-electron chi connectivity index (χ0n) is 17.6. The van der Waals surface area contributed by atoms with Crippen molar-refractivity contribution in [1.29, 1.82) is 0 Å². The van der Waals surface area contributed by atoms with Crippen molar-refractivity contribution in [3.63, 3.8) is 0 Å². The van der Waals surface area contributed by atoms with Crippen LogP contribution in [0, 0.1) is 0 Å². The number of hydrogen-bond acceptors (Lipinski definition) is 7. The first-order valence-corrected chi connectivity index (χ1v) is 10.8. The van der Waals surface area contributed by atoms with Crippen LogP contribution in [0.3, 0.4) is 0 Å². The Labute approximate surface area is 190 Å². The van der Waals surface area contributed by atoms with E-state index in [0.717, 1.165) is 36.9 Å². The van der Waals surface area contributed by atoms with Crippen molar-refractivity contribution in [3.05, 3.63) is 53.4 Å². The van der Waals surface area contributed by atoms with Crippen molar-refractivity contribution >= 4 is 34.1 Å². The van der Waals surface area contributed by atoms with Gasteiger partial charge in [0, 0.05) is 30.4 Å². The number of nitrogens with two attached hydrogens (primary N) is 1. The molecule has 1 aliphatic heterocycles. The molecular formula is C23H22ClN7O. The maximum Gasteiger partial charge on any atom is 0.198 e. The lowest BCUT2D eigenvalue weighted by atomic mass is 10.0. The molecule has 0 spiro atoms. The highest BCUT2D eigenvalue weighted by molar-refractivity contribution is 6.35. The Hall–Kier alpha value is -3.36. The van der Waals surface area contributed by atoms with E-state index in [1.54, 1.807) is 16.9 Å². The summed E-state index contributed by atoms with van der Waals surface area (Å²) in [7, 11) is 1.83. The minimum Gasteiger partial charge on any atom is -0.382 e. The van der Waals surface area contributed by atoms with E-state index in [9.17, 15) is 4.79 Å². The maximum atomic E-state index is 13.1. The second-order valence-corrected chi connectivity index (χ2v) is 8.38. The summed E-state index contributed by atoms with van der Waals surface area (Å²) in [6, 6.07) is 9.35. The van der Waals surface area contributed by atoms with Gasteiger partial charge in [0.05, 0.1) is 22.8 Å². The standard InChI is InChI=1S/C23H22ClN7O/c1-30-10-6-17(29-30)21-20(15-11-14-5-4-7-26-19(14)16(24)12-15)27-22(23(25)28-21)18(32)13-31-8-2-3-9-31/h4-7,10-12H,2-3,8-9,13H2,1H3,(H2,25,28). The maximum absolute atomic E-state index is 13.1. The number of rotatable bonds is 5. The Balaban J connectivity index is 1.67. The van der Waals surface area contributed by atoms with E-state index >= 15 is 0 Å². The number of likely N-dealkylation sites (tertiary alicyclic amines) is 1. The molecule has 4 heterocycles. The molecule has 0 radical (unpaired) electrons. The number of carbonyl (C=O) groups excluding carboxylic acids is 1. The van der Waals surface area contributed by atoms with Gasteiger partial charge >= 0.3 is 0 Å². The summed E-state index contributed by atoms with van der Waals surface area (Å²) in [5, 5.41) is 5.83. The number of pyridine rings is 1. The highest BCUT2D eigenvalue weighted by atomic mass is 35.5. The van der Waals surface area contributed by atoms with Gasteiger partial charge in [-0.1, -0.05) is 17.7 Å². The number of nitrogen functional groups attached to an aromatic ring is 1. The van der Waals surface area contributed by atoms with Crippen LogP contribution >= 0.6 is 11.6 Å². The lowest BCUT2D eigenvalue weighted by molar-refractivity contribution is 0.0941. The number of aryl methyl sites for hydroxylation is 1. The van der Waals surface area contributed by atoms with Crippen LogP contribution in [0.1, 0.15) is 23.3 Å². The molecule has 1 aliphatic rings. The van der Waals surface area contributed by atoms with Gasteiger partial charge in [-0.05, 0) is 50.2 Å². The lowest BCUT2D eigenvalue weighted by Gasteiger charge is -2.15. The molecule has 1 saturated heterocycles. The Bertz CT molecular complexity index is 1330. The molecule has 162 valence electrons. The Morgan fingerprint density at radius 2 is 1.97 bits per heavy atom. The van der Waals surface area contributed by atoms with Crippen LogP contribution in [0.4, 0.5) is 5.82 Å². The number of halogens is 1. The molecule has 9 heteroatoms. The number of carbonyl (C=O) groups is 1. The van der Waals surface area contributed by atoms with Gasteiger partial charge in [0.15, 0.2) is 17.3 Å². The van der Waals surface area contributed by atoms with Crippen LogP contribution in [0.5, 0.6) is 0 Å². The predicted octanol–water partition coefficient (Wildman–Crippen LogP) is 3.61. The van der Waals surface area contributed by atoms with E-state index in [0.29, 0.717) is 27.6 Å². The number of hydrogen-bond donors (Lipinski definition) is 1. The lowest BCUT2D eigenvalue weighted by Crippen LogP contribution is -2.28. The first-order valence-electron chi connectivity index (χ1n) is 10.5. The highest BCUT2D eigenvalue weighted by Gasteiger charge is 2.24. The highest BCUT2D eigenvalue weighted by Crippen LogP contribution is 2.34. The molecule has 0 amide bonds. The summed E-state index contributed by atoms with van der Waals surface area (Å²) in [6.07, 6.45) is 5.72. The zero-order valence-corrected chi connectivity index (χ0v) is 18.4. The monoisotopic (exact) mass is 447 g/mol. The summed E-state index contributed by atoms with van der Waals surface area (Å²) in [6.45, 7) is 2.10. The molecule has 0 aliphatic carbocycles. The molecule has 0 atom stereocenters. The number of aromatic nitrogens is 5. The van der Waals surface area contributed by atoms with Crippen molar-refractivity contribution in [2.24, 2.45) is 7.05 Å². The van der Waals surface area contributed by atoms with E-state index < -0.39 is 0 Å². The van der Waals surface area contributed by atoms with Gasteiger partial charge in [-0.2, -0.15) is 5.10 Å². The first kappa shape index (κ1) is 20.5. The second-order valence-electron chi connectivity index (χ2n) is 7.97. The van der Waals surface area contributed by atoms with E-state index in [4.69, 9.17) is 22.3 Å². The summed E-state index contributed by atoms with van der Waals surface area (Å²) >= 11 is 6.53. The fraction of sp³-hybridized carbons (Fsp3) is 0.261. The average Bonchev–Trinajstić information content (AvgIpc) is 3.45. The van der Waals surface area contributed by atoms with E-state index in [1.807, 2.05) is 37.5 Å². The second kappa shape index (κ2) is 8.29. The van der Waals surface area contributed by atoms with Crippen LogP contribution in [-0.4, -0.2) is 55.0 Å². The summed E-state index contributed by atoms with van der Waals surface area (Å²) in [4.78, 5) is 28.8. The minimum absolute atomic E-state index is 0.104. The molecular weight excluding hydrogens is 426 g/mol. The molecule has 1 fully saturated rings. The molecule has 5 rings (SSSR count). The molecule has 0 saturated carbocycles. The number of nitrogens with zero attached hydrogens (tertiary/aromatic N) is 6. The third kappa shape index (κ3) is 3.83. The number of anilines is 1. The van der Waals surface area contributed by atoms with Gasteiger partial charge in [0.1, 0.15) is 11.4 Å². The molecule has 8 nitrogen and oxygen atoms in total. The summed E-state index contributed by atoms with van der Waals surface area (Å²) < 4.78 is 1.68. The number of fused-ring (bicyclic) bond motifs is 1. The Kier molecular flexibility index (Phi) is 5.32. The topological polar surface area (TPSA) is 103 Å². The number of Topliss-reactive ketones (excluding diaryl/α,β-unsaturated/α-hetero) is 1. The fourth-order valence-electron chi connectivity index (χ4n) is 4.08. The van der Waals surface area contributed by atoms with Crippen LogP contribution in [0.2, 0.25) is 5.02 Å². The predicted molar refractivity (Wildman–Crippen MR) is 124 cm³/mol. The van der Waals surface area contributed by atoms with Crippen molar-refractivity contribution in [2.75, 3.05) is 25.4 Å². The molecule has 32 heavy (non-hydrogen) atoms. The van der Waals surface area contributed by atoms with Gasteiger partial charge in [0.25, 0.3) is 0 Å². The van der Waals surface area contributed by atoms with E-state index in [2.05, 4.69) is 20.0 Å². The number of ketones is 1. The fourth-order valence-corrected chi connectivity index (χ4v) is 4.35. The molecule has 3 aromatic heterocycles. The van der Waals surface area contributed by atoms with E-state index in [-0.39, 0.29) is 23.8 Å². The van der Waals surface area contributed by atoms with Crippen LogP contribution in [0.25, 0.3) is 33.5 Å².